The zero-order valence-corrected chi connectivity index (χ0v) is 12.8. The molecule has 1 amide bonds. The second-order valence-electron chi connectivity index (χ2n) is 4.60. The summed E-state index contributed by atoms with van der Waals surface area (Å²) in [6, 6.07) is 13.4. The molecular weight excluding hydrogens is 298 g/mol. The number of carbonyl (C=O) groups excluding carboxylic acids is 1. The molecule has 0 aliphatic rings. The van der Waals surface area contributed by atoms with E-state index in [2.05, 4.69) is 10.2 Å². The first kappa shape index (κ1) is 14.4. The Kier molecular flexibility index (Phi) is 4.24. The van der Waals surface area contributed by atoms with Gasteiger partial charge in [-0.25, -0.2) is 4.68 Å². The Bertz CT molecular complexity index is 738. The molecule has 0 fully saturated rings. The minimum atomic E-state index is 0.0123. The maximum Gasteiger partial charge on any atom is 0.237 e. The number of rotatable bonds is 5. The van der Waals surface area contributed by atoms with Crippen LogP contribution in [0.25, 0.3) is 0 Å². The molecule has 0 bridgehead atoms. The molecule has 1 aromatic carbocycles. The minimum absolute atomic E-state index is 0.0123. The summed E-state index contributed by atoms with van der Waals surface area (Å²) in [4.78, 5) is 13.9. The third-order valence-corrected chi connectivity index (χ3v) is 4.10. The Morgan fingerprint density at radius 1 is 1.18 bits per heavy atom. The molecule has 0 saturated carbocycles. The molecule has 7 heteroatoms. The van der Waals surface area contributed by atoms with Gasteiger partial charge in [-0.15, -0.1) is 10.2 Å². The zero-order chi connectivity index (χ0) is 15.4. The number of amides is 1. The lowest BCUT2D eigenvalue weighted by Crippen LogP contribution is -2.28. The van der Waals surface area contributed by atoms with E-state index in [9.17, 15) is 4.79 Å². The van der Waals surface area contributed by atoms with Crippen molar-refractivity contribution in [1.82, 2.24) is 19.5 Å². The van der Waals surface area contributed by atoms with Crippen molar-refractivity contribution < 1.29 is 4.79 Å². The van der Waals surface area contributed by atoms with Crippen LogP contribution in [0.15, 0.2) is 66.3 Å². The fourth-order valence-corrected chi connectivity index (χ4v) is 2.79. The second-order valence-corrected chi connectivity index (χ2v) is 5.54. The molecule has 0 saturated heterocycles. The molecule has 2 heterocycles. The Morgan fingerprint density at radius 3 is 2.64 bits per heavy atom. The highest BCUT2D eigenvalue weighted by Crippen LogP contribution is 2.18. The summed E-state index contributed by atoms with van der Waals surface area (Å²) in [7, 11) is 1.77. The van der Waals surface area contributed by atoms with Crippen LogP contribution in [0.2, 0.25) is 0 Å². The molecule has 112 valence electrons. The van der Waals surface area contributed by atoms with Crippen LogP contribution in [0.5, 0.6) is 0 Å². The largest absolute Gasteiger partial charge is 0.315 e. The standard InChI is InChI=1S/C15H15N5OS/c1-18(13-7-3-2-4-8-13)14(21)11-22-15-17-16-12-20(15)19-9-5-6-10-19/h2-10,12H,11H2,1H3. The number of thioether (sulfide) groups is 1. The van der Waals surface area contributed by atoms with Gasteiger partial charge in [0.05, 0.1) is 5.75 Å². The molecule has 0 aliphatic carbocycles. The van der Waals surface area contributed by atoms with Crippen molar-refractivity contribution in [3.63, 3.8) is 0 Å². The van der Waals surface area contributed by atoms with E-state index in [1.165, 1.54) is 11.8 Å². The zero-order valence-electron chi connectivity index (χ0n) is 12.0. The van der Waals surface area contributed by atoms with Crippen LogP contribution in [-0.2, 0) is 4.79 Å². The van der Waals surface area contributed by atoms with Gasteiger partial charge in [-0.1, -0.05) is 30.0 Å². The summed E-state index contributed by atoms with van der Waals surface area (Å²) in [5.74, 6) is 0.309. The van der Waals surface area contributed by atoms with E-state index in [1.54, 1.807) is 23.0 Å². The van der Waals surface area contributed by atoms with Crippen molar-refractivity contribution in [2.75, 3.05) is 17.7 Å². The monoisotopic (exact) mass is 313 g/mol. The van der Waals surface area contributed by atoms with Crippen LogP contribution in [-0.4, -0.2) is 38.3 Å². The summed E-state index contributed by atoms with van der Waals surface area (Å²) < 4.78 is 3.65. The lowest BCUT2D eigenvalue weighted by Gasteiger charge is -2.16. The average molecular weight is 313 g/mol. The van der Waals surface area contributed by atoms with Crippen LogP contribution >= 0.6 is 11.8 Å². The first-order chi connectivity index (χ1) is 10.8. The summed E-state index contributed by atoms with van der Waals surface area (Å²) >= 11 is 1.36. The topological polar surface area (TPSA) is 56.0 Å². The number of para-hydroxylation sites is 1. The van der Waals surface area contributed by atoms with Gasteiger partial charge < -0.3 is 4.90 Å². The van der Waals surface area contributed by atoms with Crippen molar-refractivity contribution in [1.29, 1.82) is 0 Å². The normalized spacial score (nSPS) is 10.6. The number of hydrogen-bond donors (Lipinski definition) is 0. The predicted molar refractivity (Wildman–Crippen MR) is 85.8 cm³/mol. The Morgan fingerprint density at radius 2 is 1.91 bits per heavy atom. The number of benzene rings is 1. The molecule has 3 rings (SSSR count). The fourth-order valence-electron chi connectivity index (χ4n) is 1.96. The number of hydrogen-bond acceptors (Lipinski definition) is 4. The molecule has 3 aromatic rings. The molecule has 0 spiro atoms. The second kappa shape index (κ2) is 6.48. The van der Waals surface area contributed by atoms with Gasteiger partial charge in [0.1, 0.15) is 6.33 Å². The first-order valence-corrected chi connectivity index (χ1v) is 7.72. The van der Waals surface area contributed by atoms with Crippen molar-refractivity contribution in [2.24, 2.45) is 0 Å². The van der Waals surface area contributed by atoms with E-state index in [4.69, 9.17) is 0 Å². The van der Waals surface area contributed by atoms with Gasteiger partial charge in [0.15, 0.2) is 0 Å². The molecule has 0 unspecified atom stereocenters. The predicted octanol–water partition coefficient (Wildman–Crippen LogP) is 2.15. The number of nitrogens with zero attached hydrogens (tertiary/aromatic N) is 5. The smallest absolute Gasteiger partial charge is 0.237 e. The van der Waals surface area contributed by atoms with Gasteiger partial charge in [0.25, 0.3) is 0 Å². The third kappa shape index (κ3) is 3.04. The highest BCUT2D eigenvalue weighted by atomic mass is 32.2. The lowest BCUT2D eigenvalue weighted by atomic mass is 10.3. The van der Waals surface area contributed by atoms with Crippen LogP contribution in [0, 0.1) is 0 Å². The fraction of sp³-hybridized carbons (Fsp3) is 0.133. The van der Waals surface area contributed by atoms with Crippen LogP contribution in [0.4, 0.5) is 5.69 Å². The number of anilines is 1. The maximum atomic E-state index is 12.3. The SMILES string of the molecule is CN(C(=O)CSc1nncn1-n1cccc1)c1ccccc1. The maximum absolute atomic E-state index is 12.3. The van der Waals surface area contributed by atoms with Gasteiger partial charge in [-0.3, -0.25) is 9.47 Å². The van der Waals surface area contributed by atoms with E-state index < -0.39 is 0 Å². The molecule has 6 nitrogen and oxygen atoms in total. The van der Waals surface area contributed by atoms with E-state index in [1.807, 2.05) is 59.5 Å². The molecule has 0 atom stereocenters. The lowest BCUT2D eigenvalue weighted by molar-refractivity contribution is -0.115. The number of carbonyl (C=O) groups is 1. The summed E-state index contributed by atoms with van der Waals surface area (Å²) in [5.41, 5.74) is 0.875. The van der Waals surface area contributed by atoms with E-state index in [-0.39, 0.29) is 5.91 Å². The molecule has 0 aliphatic heterocycles. The minimum Gasteiger partial charge on any atom is -0.315 e. The highest BCUT2D eigenvalue weighted by Gasteiger charge is 2.14. The summed E-state index contributed by atoms with van der Waals surface area (Å²) in [5, 5.41) is 8.64. The summed E-state index contributed by atoms with van der Waals surface area (Å²) in [6.07, 6.45) is 5.41. The first-order valence-electron chi connectivity index (χ1n) is 6.74. The molecule has 2 aromatic heterocycles. The van der Waals surface area contributed by atoms with E-state index in [0.717, 1.165) is 5.69 Å². The van der Waals surface area contributed by atoms with Gasteiger partial charge in [0, 0.05) is 25.1 Å². The summed E-state index contributed by atoms with van der Waals surface area (Å²) in [6.45, 7) is 0. The number of aromatic nitrogens is 4. The van der Waals surface area contributed by atoms with Crippen LogP contribution in [0.3, 0.4) is 0 Å². The van der Waals surface area contributed by atoms with Crippen molar-refractivity contribution in [3.8, 4) is 0 Å². The Hall–Kier alpha value is -2.54. The van der Waals surface area contributed by atoms with Crippen molar-refractivity contribution in [3.05, 3.63) is 61.2 Å². The van der Waals surface area contributed by atoms with Gasteiger partial charge in [-0.05, 0) is 24.3 Å². The van der Waals surface area contributed by atoms with Gasteiger partial charge in [-0.2, -0.15) is 0 Å². The Balaban J connectivity index is 1.66. The third-order valence-electron chi connectivity index (χ3n) is 3.18. The van der Waals surface area contributed by atoms with Crippen LogP contribution < -0.4 is 4.90 Å². The van der Waals surface area contributed by atoms with Crippen LogP contribution in [0.1, 0.15) is 0 Å². The quantitative estimate of drug-likeness (QED) is 0.677. The van der Waals surface area contributed by atoms with Crippen molar-refractivity contribution >= 4 is 23.4 Å². The molecule has 0 radical (unpaired) electrons. The van der Waals surface area contributed by atoms with Gasteiger partial charge >= 0.3 is 0 Å². The highest BCUT2D eigenvalue weighted by molar-refractivity contribution is 7.99. The molecule has 0 N–H and O–H groups in total. The average Bonchev–Trinajstić information content (AvgIpc) is 3.23. The van der Waals surface area contributed by atoms with Crippen molar-refractivity contribution in [2.45, 2.75) is 5.16 Å². The molecule has 22 heavy (non-hydrogen) atoms. The van der Waals surface area contributed by atoms with Gasteiger partial charge in [0.2, 0.25) is 11.1 Å². The Labute approximate surface area is 132 Å². The van der Waals surface area contributed by atoms with E-state index >= 15 is 0 Å². The molecular formula is C15H15N5OS. The van der Waals surface area contributed by atoms with E-state index in [0.29, 0.717) is 10.9 Å².